The molecule has 1 aromatic heterocycles. The maximum atomic E-state index is 2.35. The number of benzene rings is 1. The molecular formula is C22H32Se3. The summed E-state index contributed by atoms with van der Waals surface area (Å²) >= 11 is 1.98. The van der Waals surface area contributed by atoms with Crippen LogP contribution in [0.5, 0.6) is 0 Å². The predicted molar refractivity (Wildman–Crippen MR) is 118 cm³/mol. The van der Waals surface area contributed by atoms with E-state index in [-0.39, 0.29) is 0 Å². The molecule has 0 unspecified atom stereocenters. The second-order valence-electron chi connectivity index (χ2n) is 6.39. The zero-order valence-electron chi connectivity index (χ0n) is 16.0. The Morgan fingerprint density at radius 1 is 0.760 bits per heavy atom. The summed E-state index contributed by atoms with van der Waals surface area (Å²) in [5.74, 6) is 0. The number of hydrogen-bond donors (Lipinski definition) is 0. The summed E-state index contributed by atoms with van der Waals surface area (Å²) in [6.07, 6.45) is 9.56. The van der Waals surface area contributed by atoms with Crippen molar-refractivity contribution >= 4 is 53.3 Å². The van der Waals surface area contributed by atoms with Crippen LogP contribution in [0.2, 0.25) is 10.6 Å². The molecule has 0 saturated carbocycles. The van der Waals surface area contributed by atoms with Crippen molar-refractivity contribution in [2.75, 3.05) is 0 Å². The molecule has 1 aromatic carbocycles. The fraction of sp³-hybridized carbons (Fsp3) is 0.545. The minimum atomic E-state index is 0.586. The predicted octanol–water partition coefficient (Wildman–Crippen LogP) is 4.85. The molecule has 0 aliphatic rings. The fourth-order valence-corrected chi connectivity index (χ4v) is 13.9. The van der Waals surface area contributed by atoms with Crippen LogP contribution in [-0.4, -0.2) is 44.4 Å². The van der Waals surface area contributed by atoms with Gasteiger partial charge in [0.25, 0.3) is 0 Å². The van der Waals surface area contributed by atoms with Crippen LogP contribution in [0.4, 0.5) is 0 Å². The van der Waals surface area contributed by atoms with Crippen molar-refractivity contribution in [1.82, 2.24) is 0 Å². The fourth-order valence-electron chi connectivity index (χ4n) is 2.64. The summed E-state index contributed by atoms with van der Waals surface area (Å²) in [5.41, 5.74) is 1.52. The molecule has 0 saturated heterocycles. The first-order valence-corrected chi connectivity index (χ1v) is 15.6. The Kier molecular flexibility index (Phi) is 10.9. The molecular weight excluding hydrogens is 501 g/mol. The Hall–Kier alpha value is 0.258. The monoisotopic (exact) mass is 536 g/mol. The molecule has 0 aliphatic heterocycles. The van der Waals surface area contributed by atoms with E-state index < -0.39 is 0 Å². The molecule has 0 atom stereocenters. The summed E-state index contributed by atoms with van der Waals surface area (Å²) in [6.45, 7) is 7.00. The molecule has 0 N–H and O–H groups in total. The molecule has 0 nitrogen and oxygen atoms in total. The Morgan fingerprint density at radius 3 is 1.96 bits per heavy atom. The Bertz CT molecular complexity index is 601. The zero-order valence-corrected chi connectivity index (χ0v) is 21.1. The van der Waals surface area contributed by atoms with Gasteiger partial charge in [0.15, 0.2) is 0 Å². The van der Waals surface area contributed by atoms with E-state index in [4.69, 9.17) is 0 Å². The van der Waals surface area contributed by atoms with Gasteiger partial charge < -0.3 is 0 Å². The molecule has 3 heteroatoms. The van der Waals surface area contributed by atoms with Crippen LogP contribution in [0.3, 0.4) is 0 Å². The second kappa shape index (κ2) is 12.6. The quantitative estimate of drug-likeness (QED) is 0.271. The van der Waals surface area contributed by atoms with Gasteiger partial charge in [-0.25, -0.2) is 0 Å². The summed E-state index contributed by atoms with van der Waals surface area (Å²) in [5, 5.41) is 2.87. The van der Waals surface area contributed by atoms with Gasteiger partial charge in [0.1, 0.15) is 0 Å². The normalized spacial score (nSPS) is 11.2. The standard InChI is InChI=1S/C22H32Se3/c1-4-7-15-19-21(23-16-8-5-2)22(24-17-9-6-3)20(25-19)18-13-11-10-12-14-18/h10-14H,4-9,15-17H2,1-3H3. The third kappa shape index (κ3) is 6.73. The van der Waals surface area contributed by atoms with E-state index in [1.54, 1.807) is 4.44 Å². The van der Waals surface area contributed by atoms with Crippen LogP contribution in [-0.2, 0) is 6.42 Å². The first-order chi connectivity index (χ1) is 12.3. The molecule has 138 valence electrons. The van der Waals surface area contributed by atoms with Gasteiger partial charge in [-0.2, -0.15) is 0 Å². The SMILES string of the molecule is CCCC[Se]c1c(CCCC)[se]c(-c2ccccc2)c1[Se]CCCC. The topological polar surface area (TPSA) is 0 Å². The Morgan fingerprint density at radius 2 is 1.36 bits per heavy atom. The average Bonchev–Trinajstić information content (AvgIpc) is 2.99. The van der Waals surface area contributed by atoms with Gasteiger partial charge in [-0.15, -0.1) is 0 Å². The summed E-state index contributed by atoms with van der Waals surface area (Å²) in [6, 6.07) is 11.3. The molecule has 2 aromatic rings. The van der Waals surface area contributed by atoms with Crippen LogP contribution in [0, 0.1) is 0 Å². The third-order valence-corrected chi connectivity index (χ3v) is 13.9. The molecule has 1 heterocycles. The van der Waals surface area contributed by atoms with Gasteiger partial charge in [-0.05, 0) is 0 Å². The van der Waals surface area contributed by atoms with Gasteiger partial charge >= 0.3 is 174 Å². The van der Waals surface area contributed by atoms with Crippen molar-refractivity contribution in [3.8, 4) is 10.0 Å². The molecule has 0 fully saturated rings. The summed E-state index contributed by atoms with van der Waals surface area (Å²) in [4.78, 5) is 0. The van der Waals surface area contributed by atoms with Crippen LogP contribution in [0.15, 0.2) is 30.3 Å². The third-order valence-electron chi connectivity index (χ3n) is 4.17. The average molecular weight is 533 g/mol. The molecule has 0 radical (unpaired) electrons. The number of hydrogen-bond acceptors (Lipinski definition) is 0. The van der Waals surface area contributed by atoms with E-state index in [9.17, 15) is 0 Å². The van der Waals surface area contributed by atoms with Crippen LogP contribution < -0.4 is 8.92 Å². The van der Waals surface area contributed by atoms with E-state index in [1.807, 2.05) is 13.4 Å². The first kappa shape index (κ1) is 21.6. The van der Waals surface area contributed by atoms with Gasteiger partial charge in [0, 0.05) is 0 Å². The van der Waals surface area contributed by atoms with E-state index in [0.29, 0.717) is 44.4 Å². The summed E-state index contributed by atoms with van der Waals surface area (Å²) in [7, 11) is 0. The molecule has 25 heavy (non-hydrogen) atoms. The van der Waals surface area contributed by atoms with Gasteiger partial charge in [0.05, 0.1) is 0 Å². The van der Waals surface area contributed by atoms with E-state index in [0.717, 1.165) is 0 Å². The van der Waals surface area contributed by atoms with Crippen molar-refractivity contribution in [3.05, 3.63) is 34.8 Å². The van der Waals surface area contributed by atoms with Crippen molar-refractivity contribution in [2.24, 2.45) is 0 Å². The molecule has 0 aliphatic carbocycles. The molecule has 0 spiro atoms. The number of unbranched alkanes of at least 4 members (excludes halogenated alkanes) is 3. The van der Waals surface area contributed by atoms with Crippen molar-refractivity contribution in [3.63, 3.8) is 0 Å². The second-order valence-corrected chi connectivity index (χ2v) is 13.3. The van der Waals surface area contributed by atoms with Crippen LogP contribution in [0.1, 0.15) is 63.7 Å². The Balaban J connectivity index is 2.37. The van der Waals surface area contributed by atoms with Gasteiger partial charge in [-0.3, -0.25) is 0 Å². The first-order valence-electron chi connectivity index (χ1n) is 9.78. The Labute approximate surface area is 173 Å². The molecule has 0 bridgehead atoms. The van der Waals surface area contributed by atoms with E-state index in [2.05, 4.69) is 51.1 Å². The van der Waals surface area contributed by atoms with Crippen molar-refractivity contribution in [1.29, 1.82) is 0 Å². The maximum absolute atomic E-state index is 2.35. The van der Waals surface area contributed by atoms with Gasteiger partial charge in [-0.1, -0.05) is 0 Å². The number of aryl methyl sites for hydroxylation is 1. The van der Waals surface area contributed by atoms with Crippen LogP contribution >= 0.6 is 0 Å². The van der Waals surface area contributed by atoms with E-state index >= 15 is 0 Å². The van der Waals surface area contributed by atoms with Crippen LogP contribution in [0.25, 0.3) is 10.0 Å². The minimum absolute atomic E-state index is 0.586. The molecule has 2 rings (SSSR count). The zero-order chi connectivity index (χ0) is 17.9. The number of rotatable bonds is 12. The van der Waals surface area contributed by atoms with Crippen molar-refractivity contribution < 1.29 is 0 Å². The van der Waals surface area contributed by atoms with Gasteiger partial charge in [0.2, 0.25) is 0 Å². The van der Waals surface area contributed by atoms with Crippen molar-refractivity contribution in [2.45, 2.75) is 76.4 Å². The van der Waals surface area contributed by atoms with E-state index in [1.165, 1.54) is 61.1 Å². The molecule has 0 amide bonds. The summed E-state index contributed by atoms with van der Waals surface area (Å²) < 4.78 is 7.35.